The van der Waals surface area contributed by atoms with Crippen LogP contribution in [0.15, 0.2) is 72.9 Å². The smallest absolute Gasteiger partial charge is 0.270 e. The Morgan fingerprint density at radius 1 is 0.958 bits per heavy atom. The van der Waals surface area contributed by atoms with Crippen LogP contribution in [0.4, 0.5) is 4.39 Å². The number of hydrogen-bond acceptors (Lipinski definition) is 8. The number of amides is 2. The molecule has 2 aromatic heterocycles. The molecule has 0 spiro atoms. The van der Waals surface area contributed by atoms with Gasteiger partial charge in [-0.1, -0.05) is 24.3 Å². The Morgan fingerprint density at radius 3 is 2.52 bits per heavy atom. The first-order chi connectivity index (χ1) is 23.3. The minimum absolute atomic E-state index is 0.00458. The van der Waals surface area contributed by atoms with Crippen molar-refractivity contribution in [2.45, 2.75) is 57.7 Å². The molecular weight excluding hydrogens is 613 g/mol. The standard InChI is InChI=1S/C37H40FN5O5/c1-24-5-2-8-34(40-24)36(46)42-29-11-9-28(10-12-29)41-35(45)33-21-27(38)22-39-37(33)48-31-7-3-6-25(20-31)32-14-13-30(44)19-26(32)23-43-15-4-17-47-18-16-43/h2-3,5-8,13-14,19-22,28-29,44H,4,9-12,15-18,23H2,1H3,(H,41,45)(H,42,46)/t28-,29+. The van der Waals surface area contributed by atoms with Crippen molar-refractivity contribution in [2.75, 3.05) is 26.3 Å². The molecule has 1 aliphatic heterocycles. The van der Waals surface area contributed by atoms with E-state index in [0.29, 0.717) is 50.3 Å². The molecule has 0 bridgehead atoms. The molecule has 2 aliphatic rings. The van der Waals surface area contributed by atoms with Gasteiger partial charge in [-0.05, 0) is 98.2 Å². The molecule has 1 saturated carbocycles. The first-order valence-electron chi connectivity index (χ1n) is 16.4. The van der Waals surface area contributed by atoms with E-state index < -0.39 is 11.7 Å². The number of carbonyl (C=O) groups is 2. The van der Waals surface area contributed by atoms with Gasteiger partial charge in [-0.25, -0.2) is 14.4 Å². The zero-order chi connectivity index (χ0) is 33.5. The number of aromatic hydroxyl groups is 1. The van der Waals surface area contributed by atoms with Gasteiger partial charge in [-0.15, -0.1) is 0 Å². The molecule has 0 unspecified atom stereocenters. The number of carbonyl (C=O) groups excluding carboxylic acids is 2. The van der Waals surface area contributed by atoms with Crippen molar-refractivity contribution < 1.29 is 28.6 Å². The Kier molecular flexibility index (Phi) is 10.6. The average Bonchev–Trinajstić information content (AvgIpc) is 3.35. The van der Waals surface area contributed by atoms with Gasteiger partial charge in [0, 0.05) is 44.0 Å². The van der Waals surface area contributed by atoms with Crippen LogP contribution >= 0.6 is 0 Å². The molecule has 10 nitrogen and oxygen atoms in total. The highest BCUT2D eigenvalue weighted by molar-refractivity contribution is 5.96. The van der Waals surface area contributed by atoms with Gasteiger partial charge in [0.1, 0.15) is 28.6 Å². The second kappa shape index (κ2) is 15.4. The van der Waals surface area contributed by atoms with Gasteiger partial charge in [0.05, 0.1) is 12.8 Å². The zero-order valence-electron chi connectivity index (χ0n) is 27.0. The Morgan fingerprint density at radius 2 is 1.73 bits per heavy atom. The molecule has 4 aromatic rings. The lowest BCUT2D eigenvalue weighted by atomic mass is 9.91. The first kappa shape index (κ1) is 33.0. The van der Waals surface area contributed by atoms with Gasteiger partial charge in [0.25, 0.3) is 11.8 Å². The summed E-state index contributed by atoms with van der Waals surface area (Å²) in [5.74, 6) is -0.722. The molecule has 6 rings (SSSR count). The summed E-state index contributed by atoms with van der Waals surface area (Å²) in [4.78, 5) is 36.8. The van der Waals surface area contributed by atoms with E-state index in [-0.39, 0.29) is 35.2 Å². The highest BCUT2D eigenvalue weighted by Crippen LogP contribution is 2.33. The summed E-state index contributed by atoms with van der Waals surface area (Å²) in [6.45, 7) is 5.62. The lowest BCUT2D eigenvalue weighted by Crippen LogP contribution is -2.44. The van der Waals surface area contributed by atoms with Crippen molar-refractivity contribution in [3.8, 4) is 28.5 Å². The molecule has 2 fully saturated rings. The summed E-state index contributed by atoms with van der Waals surface area (Å²) in [6, 6.07) is 19.0. The third-order valence-electron chi connectivity index (χ3n) is 8.74. The Labute approximate surface area is 279 Å². The molecule has 2 amide bonds. The average molecular weight is 654 g/mol. The number of benzene rings is 2. The zero-order valence-corrected chi connectivity index (χ0v) is 27.0. The highest BCUT2D eigenvalue weighted by Gasteiger charge is 2.26. The van der Waals surface area contributed by atoms with Crippen molar-refractivity contribution in [3.63, 3.8) is 0 Å². The maximum absolute atomic E-state index is 14.4. The number of nitrogens with zero attached hydrogens (tertiary/aromatic N) is 3. The number of hydrogen-bond donors (Lipinski definition) is 3. The molecular formula is C37H40FN5O5. The molecule has 1 saturated heterocycles. The van der Waals surface area contributed by atoms with Crippen LogP contribution in [0.25, 0.3) is 11.1 Å². The SMILES string of the molecule is Cc1cccc(C(=O)N[C@H]2CC[C@@H](NC(=O)c3cc(F)cnc3Oc3cccc(-c4ccc(O)cc4CN4CCCOCC4)c3)CC2)n1. The summed E-state index contributed by atoms with van der Waals surface area (Å²) in [5, 5.41) is 16.3. The van der Waals surface area contributed by atoms with Crippen molar-refractivity contribution in [1.29, 1.82) is 0 Å². The fourth-order valence-corrected chi connectivity index (χ4v) is 6.27. The minimum Gasteiger partial charge on any atom is -0.508 e. The van der Waals surface area contributed by atoms with Crippen LogP contribution in [0.1, 0.15) is 64.2 Å². The lowest BCUT2D eigenvalue weighted by molar-refractivity contribution is 0.0887. The lowest BCUT2D eigenvalue weighted by Gasteiger charge is -2.29. The van der Waals surface area contributed by atoms with Gasteiger partial charge < -0.3 is 25.2 Å². The maximum Gasteiger partial charge on any atom is 0.270 e. The third kappa shape index (κ3) is 8.53. The quantitative estimate of drug-likeness (QED) is 0.208. The normalized spacial score (nSPS) is 18.5. The number of rotatable bonds is 9. The third-order valence-corrected chi connectivity index (χ3v) is 8.74. The summed E-state index contributed by atoms with van der Waals surface area (Å²) in [6.07, 6.45) is 4.65. The van der Waals surface area contributed by atoms with E-state index in [4.69, 9.17) is 9.47 Å². The number of ether oxygens (including phenoxy) is 2. The van der Waals surface area contributed by atoms with Crippen LogP contribution in [-0.4, -0.2) is 70.2 Å². The van der Waals surface area contributed by atoms with Gasteiger partial charge in [-0.3, -0.25) is 14.5 Å². The summed E-state index contributed by atoms with van der Waals surface area (Å²) in [7, 11) is 0. The van der Waals surface area contributed by atoms with Crippen LogP contribution in [0.3, 0.4) is 0 Å². The Balaban J connectivity index is 1.11. The van der Waals surface area contributed by atoms with Gasteiger partial charge in [-0.2, -0.15) is 0 Å². The first-order valence-corrected chi connectivity index (χ1v) is 16.4. The van der Waals surface area contributed by atoms with Gasteiger partial charge in [0.15, 0.2) is 0 Å². The topological polar surface area (TPSA) is 126 Å². The van der Waals surface area contributed by atoms with Crippen molar-refractivity contribution in [3.05, 3.63) is 101 Å². The highest BCUT2D eigenvalue weighted by atomic mass is 19.1. The van der Waals surface area contributed by atoms with E-state index >= 15 is 0 Å². The van der Waals surface area contributed by atoms with Gasteiger partial charge in [0.2, 0.25) is 5.88 Å². The molecule has 250 valence electrons. The van der Waals surface area contributed by atoms with Crippen LogP contribution < -0.4 is 15.4 Å². The van der Waals surface area contributed by atoms with Crippen molar-refractivity contribution in [2.24, 2.45) is 0 Å². The number of phenolic OH excluding ortho intramolecular Hbond substituents is 1. The van der Waals surface area contributed by atoms with Crippen molar-refractivity contribution >= 4 is 11.8 Å². The fourth-order valence-electron chi connectivity index (χ4n) is 6.27. The number of halogens is 1. The molecule has 0 radical (unpaired) electrons. The van der Waals surface area contributed by atoms with Crippen LogP contribution in [0.5, 0.6) is 17.4 Å². The maximum atomic E-state index is 14.4. The summed E-state index contributed by atoms with van der Waals surface area (Å²) >= 11 is 0. The number of pyridine rings is 2. The van der Waals surface area contributed by atoms with E-state index in [9.17, 15) is 19.1 Å². The Bertz CT molecular complexity index is 1750. The van der Waals surface area contributed by atoms with E-state index in [2.05, 4.69) is 25.5 Å². The number of nitrogens with one attached hydrogen (secondary N) is 2. The largest absolute Gasteiger partial charge is 0.508 e. The molecule has 2 aromatic carbocycles. The molecule has 3 heterocycles. The summed E-state index contributed by atoms with van der Waals surface area (Å²) < 4.78 is 26.1. The second-order valence-electron chi connectivity index (χ2n) is 12.4. The molecule has 0 atom stereocenters. The molecule has 3 N–H and O–H groups in total. The van der Waals surface area contributed by atoms with Gasteiger partial charge >= 0.3 is 0 Å². The second-order valence-corrected chi connectivity index (χ2v) is 12.4. The number of aromatic nitrogens is 2. The van der Waals surface area contributed by atoms with E-state index in [1.165, 1.54) is 0 Å². The number of aryl methyl sites for hydroxylation is 1. The predicted molar refractivity (Wildman–Crippen MR) is 178 cm³/mol. The fraction of sp³-hybridized carbons (Fsp3) is 0.351. The number of phenols is 1. The summed E-state index contributed by atoms with van der Waals surface area (Å²) in [5.41, 5.74) is 3.93. The van der Waals surface area contributed by atoms with Crippen molar-refractivity contribution in [1.82, 2.24) is 25.5 Å². The van der Waals surface area contributed by atoms with E-state index in [0.717, 1.165) is 60.8 Å². The van der Waals surface area contributed by atoms with Crippen LogP contribution in [-0.2, 0) is 11.3 Å². The van der Waals surface area contributed by atoms with E-state index in [1.807, 2.05) is 37.3 Å². The molecule has 48 heavy (non-hydrogen) atoms. The van der Waals surface area contributed by atoms with Crippen LogP contribution in [0.2, 0.25) is 0 Å². The Hall–Kier alpha value is -4.87. The molecule has 1 aliphatic carbocycles. The molecule has 11 heteroatoms. The minimum atomic E-state index is -0.648. The van der Waals surface area contributed by atoms with E-state index in [1.54, 1.807) is 30.3 Å². The monoisotopic (exact) mass is 653 g/mol. The predicted octanol–water partition coefficient (Wildman–Crippen LogP) is 5.78. The van der Waals surface area contributed by atoms with Crippen LogP contribution in [0, 0.1) is 12.7 Å².